The number of aryl methyl sites for hydroxylation is 1. The number of Topliss-reactive ketones (excluding diaryl/α,β-unsaturated/α-hetero) is 1. The molecule has 0 aliphatic carbocycles. The van der Waals surface area contributed by atoms with Crippen LogP contribution < -0.4 is 5.32 Å². The van der Waals surface area contributed by atoms with E-state index in [9.17, 15) is 14.7 Å². The number of benzene rings is 1. The molecule has 2 N–H and O–H groups in total. The van der Waals surface area contributed by atoms with Gasteiger partial charge >= 0.3 is 6.09 Å². The number of rotatable bonds is 5. The second-order valence-electron chi connectivity index (χ2n) is 6.11. The monoisotopic (exact) mass is 371 g/mol. The normalized spacial score (nSPS) is 12.6. The smallest absolute Gasteiger partial charge is 0.408 e. The Balaban J connectivity index is 2.68. The third kappa shape index (κ3) is 6.15. The minimum absolute atomic E-state index is 0.134. The Hall–Kier alpha value is -1.40. The summed E-state index contributed by atoms with van der Waals surface area (Å²) < 4.78 is 6.05. The van der Waals surface area contributed by atoms with Gasteiger partial charge in [0.05, 0.1) is 6.61 Å². The van der Waals surface area contributed by atoms with Crippen LogP contribution in [-0.4, -0.2) is 35.2 Å². The Morgan fingerprint density at radius 2 is 2.00 bits per heavy atom. The summed E-state index contributed by atoms with van der Waals surface area (Å²) in [5.41, 5.74) is 1.19. The number of hydrogen-bond donors (Lipinski definition) is 2. The van der Waals surface area contributed by atoms with E-state index in [1.807, 2.05) is 25.1 Å². The fraction of sp³-hybridized carbons (Fsp3) is 0.500. The number of ether oxygens (including phenoxy) is 1. The highest BCUT2D eigenvalue weighted by Gasteiger charge is 2.23. The molecule has 1 aromatic carbocycles. The molecular formula is C16H22BrNO4. The van der Waals surface area contributed by atoms with Gasteiger partial charge in [0.25, 0.3) is 0 Å². The van der Waals surface area contributed by atoms with Gasteiger partial charge in [0.15, 0.2) is 5.78 Å². The molecule has 0 bridgehead atoms. The fourth-order valence-corrected chi connectivity index (χ4v) is 2.07. The summed E-state index contributed by atoms with van der Waals surface area (Å²) in [7, 11) is 0. The molecule has 0 spiro atoms. The third-order valence-electron chi connectivity index (χ3n) is 2.86. The Labute approximate surface area is 139 Å². The summed E-state index contributed by atoms with van der Waals surface area (Å²) in [5, 5.41) is 11.7. The SMILES string of the molecule is Cc1cc(CC(=O)[C@H](CO)NC(=O)OC(C)(C)C)ccc1Br. The van der Waals surface area contributed by atoms with Crippen molar-refractivity contribution in [3.63, 3.8) is 0 Å². The first-order valence-electron chi connectivity index (χ1n) is 7.00. The number of carbonyl (C=O) groups is 2. The molecule has 22 heavy (non-hydrogen) atoms. The minimum atomic E-state index is -0.973. The lowest BCUT2D eigenvalue weighted by molar-refractivity contribution is -0.121. The Morgan fingerprint density at radius 3 is 2.50 bits per heavy atom. The minimum Gasteiger partial charge on any atom is -0.444 e. The van der Waals surface area contributed by atoms with E-state index in [0.29, 0.717) is 0 Å². The summed E-state index contributed by atoms with van der Waals surface area (Å²) >= 11 is 3.40. The highest BCUT2D eigenvalue weighted by atomic mass is 79.9. The maximum absolute atomic E-state index is 12.2. The predicted octanol–water partition coefficient (Wildman–Crippen LogP) is 2.75. The van der Waals surface area contributed by atoms with Crippen molar-refractivity contribution in [3.05, 3.63) is 33.8 Å². The van der Waals surface area contributed by atoms with Gasteiger partial charge in [-0.1, -0.05) is 28.1 Å². The lowest BCUT2D eigenvalue weighted by atomic mass is 10.0. The van der Waals surface area contributed by atoms with E-state index in [1.165, 1.54) is 0 Å². The standard InChI is InChI=1S/C16H22BrNO4/c1-10-7-11(5-6-12(10)17)8-14(20)13(9-19)18-15(21)22-16(2,3)4/h5-7,13,19H,8-9H2,1-4H3,(H,18,21)/t13-/m0/s1. The molecule has 5 nitrogen and oxygen atoms in total. The van der Waals surface area contributed by atoms with Crippen LogP contribution in [0.4, 0.5) is 4.79 Å². The molecule has 0 aromatic heterocycles. The number of amides is 1. The van der Waals surface area contributed by atoms with E-state index < -0.39 is 24.3 Å². The topological polar surface area (TPSA) is 75.6 Å². The molecular weight excluding hydrogens is 350 g/mol. The molecule has 0 unspecified atom stereocenters. The van der Waals surface area contributed by atoms with Crippen LogP contribution in [0.2, 0.25) is 0 Å². The first kappa shape index (κ1) is 18.6. The van der Waals surface area contributed by atoms with Crippen LogP contribution in [0.1, 0.15) is 31.9 Å². The van der Waals surface area contributed by atoms with Gasteiger partial charge < -0.3 is 15.2 Å². The molecule has 1 rings (SSSR count). The van der Waals surface area contributed by atoms with Gasteiger partial charge in [0.1, 0.15) is 11.6 Å². The Morgan fingerprint density at radius 1 is 1.36 bits per heavy atom. The van der Waals surface area contributed by atoms with Gasteiger partial charge in [0, 0.05) is 10.9 Å². The zero-order valence-corrected chi connectivity index (χ0v) is 14.9. The molecule has 1 atom stereocenters. The molecule has 0 aliphatic rings. The van der Waals surface area contributed by atoms with Crippen molar-refractivity contribution in [2.24, 2.45) is 0 Å². The summed E-state index contributed by atoms with van der Waals surface area (Å²) in [6.07, 6.45) is -0.582. The van der Waals surface area contributed by atoms with Crippen molar-refractivity contribution in [1.82, 2.24) is 5.32 Å². The van der Waals surface area contributed by atoms with Crippen molar-refractivity contribution < 1.29 is 19.4 Å². The molecule has 1 aromatic rings. The number of nitrogens with one attached hydrogen (secondary N) is 1. The summed E-state index contributed by atoms with van der Waals surface area (Å²) in [6, 6.07) is 4.62. The van der Waals surface area contributed by atoms with Crippen LogP contribution in [0.5, 0.6) is 0 Å². The van der Waals surface area contributed by atoms with Gasteiger partial charge in [-0.3, -0.25) is 4.79 Å². The van der Waals surface area contributed by atoms with Crippen molar-refractivity contribution in [3.8, 4) is 0 Å². The van der Waals surface area contributed by atoms with Gasteiger partial charge in [-0.05, 0) is 44.9 Å². The number of alkyl carbamates (subject to hydrolysis) is 1. The van der Waals surface area contributed by atoms with Crippen LogP contribution in [0.3, 0.4) is 0 Å². The number of carbonyl (C=O) groups excluding carboxylic acids is 2. The van der Waals surface area contributed by atoms with Gasteiger partial charge in [0.2, 0.25) is 0 Å². The van der Waals surface area contributed by atoms with E-state index in [4.69, 9.17) is 4.74 Å². The number of aliphatic hydroxyl groups is 1. The summed E-state index contributed by atoms with van der Waals surface area (Å²) in [6.45, 7) is 6.65. The van der Waals surface area contributed by atoms with Crippen LogP contribution >= 0.6 is 15.9 Å². The van der Waals surface area contributed by atoms with Gasteiger partial charge in [-0.25, -0.2) is 4.79 Å². The van der Waals surface area contributed by atoms with E-state index >= 15 is 0 Å². The fourth-order valence-electron chi connectivity index (χ4n) is 1.82. The first-order valence-corrected chi connectivity index (χ1v) is 7.80. The van der Waals surface area contributed by atoms with E-state index in [2.05, 4.69) is 21.2 Å². The summed E-state index contributed by atoms with van der Waals surface area (Å²) in [5.74, 6) is -0.268. The predicted molar refractivity (Wildman–Crippen MR) is 87.8 cm³/mol. The molecule has 122 valence electrons. The Bertz CT molecular complexity index is 552. The van der Waals surface area contributed by atoms with Crippen molar-refractivity contribution in [2.45, 2.75) is 45.8 Å². The highest BCUT2D eigenvalue weighted by Crippen LogP contribution is 2.17. The average Bonchev–Trinajstić information content (AvgIpc) is 2.38. The number of hydrogen-bond acceptors (Lipinski definition) is 4. The lowest BCUT2D eigenvalue weighted by Crippen LogP contribution is -2.46. The number of ketones is 1. The maximum atomic E-state index is 12.2. The van der Waals surface area contributed by atoms with Crippen LogP contribution in [0.15, 0.2) is 22.7 Å². The molecule has 1 amide bonds. The molecule has 0 fully saturated rings. The van der Waals surface area contributed by atoms with Gasteiger partial charge in [-0.2, -0.15) is 0 Å². The zero-order valence-electron chi connectivity index (χ0n) is 13.3. The number of aliphatic hydroxyl groups excluding tert-OH is 1. The van der Waals surface area contributed by atoms with Crippen LogP contribution in [0, 0.1) is 6.92 Å². The van der Waals surface area contributed by atoms with Gasteiger partial charge in [-0.15, -0.1) is 0 Å². The van der Waals surface area contributed by atoms with Crippen molar-refractivity contribution >= 4 is 27.8 Å². The average molecular weight is 372 g/mol. The van der Waals surface area contributed by atoms with Crippen LogP contribution in [0.25, 0.3) is 0 Å². The molecule has 0 saturated heterocycles. The van der Waals surface area contributed by atoms with E-state index in [0.717, 1.165) is 15.6 Å². The van der Waals surface area contributed by atoms with Crippen molar-refractivity contribution in [1.29, 1.82) is 0 Å². The second-order valence-corrected chi connectivity index (χ2v) is 6.96. The van der Waals surface area contributed by atoms with Crippen molar-refractivity contribution in [2.75, 3.05) is 6.61 Å². The molecule has 0 heterocycles. The lowest BCUT2D eigenvalue weighted by Gasteiger charge is -2.22. The summed E-state index contributed by atoms with van der Waals surface area (Å²) in [4.78, 5) is 23.9. The largest absolute Gasteiger partial charge is 0.444 e. The van der Waals surface area contributed by atoms with E-state index in [-0.39, 0.29) is 12.2 Å². The van der Waals surface area contributed by atoms with Crippen LogP contribution in [-0.2, 0) is 16.0 Å². The molecule has 6 heteroatoms. The van der Waals surface area contributed by atoms with E-state index in [1.54, 1.807) is 20.8 Å². The highest BCUT2D eigenvalue weighted by molar-refractivity contribution is 9.10. The molecule has 0 radical (unpaired) electrons. The first-order chi connectivity index (χ1) is 10.1. The molecule has 0 aliphatic heterocycles. The quantitative estimate of drug-likeness (QED) is 0.834. The Kier molecular flexibility index (Phi) is 6.56. The maximum Gasteiger partial charge on any atom is 0.408 e. The molecule has 0 saturated carbocycles. The third-order valence-corrected chi connectivity index (χ3v) is 3.75. The number of halogens is 1. The zero-order chi connectivity index (χ0) is 16.9. The second kappa shape index (κ2) is 7.74.